The minimum Gasteiger partial charge on any atom is -0.465 e. The molecule has 13 heteroatoms. The second-order valence-electron chi connectivity index (χ2n) is 16.1. The summed E-state index contributed by atoms with van der Waals surface area (Å²) in [6.07, 6.45) is 2.66. The number of aromatic nitrogens is 2. The van der Waals surface area contributed by atoms with Crippen molar-refractivity contribution < 1.29 is 18.3 Å². The van der Waals surface area contributed by atoms with E-state index in [4.69, 9.17) is 28.3 Å². The van der Waals surface area contributed by atoms with Gasteiger partial charge in [0.1, 0.15) is 0 Å². The molecule has 3 aromatic carbocycles. The third-order valence-electron chi connectivity index (χ3n) is 11.6. The molecule has 4 heterocycles. The van der Waals surface area contributed by atoms with Crippen molar-refractivity contribution in [1.29, 1.82) is 0 Å². The summed E-state index contributed by atoms with van der Waals surface area (Å²) in [5.74, 6) is 6.51. The van der Waals surface area contributed by atoms with Crippen LogP contribution >= 0.6 is 23.2 Å². The highest BCUT2D eigenvalue weighted by molar-refractivity contribution is 7.88. The standard InChI is InChI=1S/C42H48Cl2N6O4S/c1-41(2,3)42-23-35(26-49(42)40(51)52)47(28-42)19-5-20-50-38-18-21-48(55(4,53)54)27-36(38)39(46-50)33-14-17-37(44)32(22-33)13-10-29-6-8-30(9-7-29)24-45-25-31-11-15-34(43)16-12-31/h6-9,11-12,14-17,22,35,45H,5,18-21,23-28H2,1-4H3,(H,51,52)/t35-,42+/m1/s1. The topological polar surface area (TPSA) is 111 Å². The Morgan fingerprint density at radius 1 is 1.00 bits per heavy atom. The zero-order valence-corrected chi connectivity index (χ0v) is 34.1. The van der Waals surface area contributed by atoms with Gasteiger partial charge >= 0.3 is 6.09 Å². The van der Waals surface area contributed by atoms with Gasteiger partial charge in [-0.05, 0) is 65.8 Å². The lowest BCUT2D eigenvalue weighted by Gasteiger charge is -2.48. The van der Waals surface area contributed by atoms with Gasteiger partial charge in [-0.3, -0.25) is 14.5 Å². The summed E-state index contributed by atoms with van der Waals surface area (Å²) in [7, 11) is -3.40. The number of sulfonamides is 1. The van der Waals surface area contributed by atoms with E-state index in [0.717, 1.165) is 77.7 Å². The molecule has 2 N–H and O–H groups in total. The molecule has 0 aliphatic carbocycles. The van der Waals surface area contributed by atoms with Crippen LogP contribution in [0.2, 0.25) is 10.0 Å². The lowest BCUT2D eigenvalue weighted by atomic mass is 9.73. The van der Waals surface area contributed by atoms with Crippen molar-refractivity contribution in [2.24, 2.45) is 5.41 Å². The molecule has 4 aromatic rings. The molecule has 10 nitrogen and oxygen atoms in total. The van der Waals surface area contributed by atoms with Crippen molar-refractivity contribution in [3.05, 3.63) is 110 Å². The van der Waals surface area contributed by atoms with E-state index in [1.807, 2.05) is 59.3 Å². The number of rotatable bonds is 10. The fraction of sp³-hybridized carbons (Fsp3) is 0.429. The molecule has 1 aromatic heterocycles. The van der Waals surface area contributed by atoms with E-state index in [0.29, 0.717) is 36.6 Å². The number of aryl methyl sites for hydroxylation is 1. The van der Waals surface area contributed by atoms with Gasteiger partial charge in [-0.1, -0.05) is 86.1 Å². The van der Waals surface area contributed by atoms with E-state index >= 15 is 0 Å². The number of hydrogen-bond donors (Lipinski definition) is 2. The van der Waals surface area contributed by atoms with E-state index in [1.54, 1.807) is 4.90 Å². The number of carboxylic acid groups (broad SMARTS) is 1. The van der Waals surface area contributed by atoms with Crippen molar-refractivity contribution in [3.8, 4) is 23.1 Å². The van der Waals surface area contributed by atoms with Crippen LogP contribution < -0.4 is 5.32 Å². The fourth-order valence-corrected chi connectivity index (χ4v) is 9.51. The highest BCUT2D eigenvalue weighted by atomic mass is 35.5. The summed E-state index contributed by atoms with van der Waals surface area (Å²) in [5, 5.41) is 19.8. The van der Waals surface area contributed by atoms with Crippen molar-refractivity contribution >= 4 is 39.3 Å². The van der Waals surface area contributed by atoms with Gasteiger partial charge < -0.3 is 10.4 Å². The van der Waals surface area contributed by atoms with Crippen LogP contribution in [-0.4, -0.2) is 87.5 Å². The van der Waals surface area contributed by atoms with Gasteiger partial charge in [-0.25, -0.2) is 13.2 Å². The maximum Gasteiger partial charge on any atom is 0.407 e. The number of likely N-dealkylation sites (tertiary alicyclic amines) is 2. The van der Waals surface area contributed by atoms with Gasteiger partial charge in [0.15, 0.2) is 0 Å². The number of hydrogen-bond acceptors (Lipinski definition) is 6. The maximum absolute atomic E-state index is 12.7. The highest BCUT2D eigenvalue weighted by Gasteiger charge is 2.61. The third kappa shape index (κ3) is 8.31. The summed E-state index contributed by atoms with van der Waals surface area (Å²) in [6.45, 7) is 11.3. The first kappa shape index (κ1) is 39.3. The van der Waals surface area contributed by atoms with E-state index < -0.39 is 21.7 Å². The number of amides is 1. The number of nitrogens with one attached hydrogen (secondary N) is 1. The number of fused-ring (bicyclic) bond motifs is 3. The Bertz CT molecular complexity index is 2240. The molecule has 0 saturated carbocycles. The molecule has 7 rings (SSSR count). The zero-order chi connectivity index (χ0) is 39.1. The Morgan fingerprint density at radius 3 is 2.35 bits per heavy atom. The summed E-state index contributed by atoms with van der Waals surface area (Å²) >= 11 is 12.7. The first-order chi connectivity index (χ1) is 26.1. The molecular weight excluding hydrogens is 755 g/mol. The fourth-order valence-electron chi connectivity index (χ4n) is 8.44. The zero-order valence-electron chi connectivity index (χ0n) is 31.8. The summed E-state index contributed by atoms with van der Waals surface area (Å²) in [5.41, 5.74) is 6.79. The second kappa shape index (κ2) is 15.6. The number of nitrogens with zero attached hydrogens (tertiary/aromatic N) is 5. The molecule has 3 aliphatic rings. The smallest absolute Gasteiger partial charge is 0.407 e. The number of piperazine rings is 1. The lowest BCUT2D eigenvalue weighted by molar-refractivity contribution is 0.00234. The van der Waals surface area contributed by atoms with Crippen LogP contribution in [-0.2, 0) is 42.6 Å². The molecule has 2 bridgehead atoms. The van der Waals surface area contributed by atoms with Crippen LogP contribution in [0.1, 0.15) is 67.1 Å². The highest BCUT2D eigenvalue weighted by Crippen LogP contribution is 2.50. The van der Waals surface area contributed by atoms with Gasteiger partial charge in [-0.2, -0.15) is 9.40 Å². The Morgan fingerprint density at radius 2 is 1.69 bits per heavy atom. The molecule has 3 aliphatic heterocycles. The molecule has 2 atom stereocenters. The van der Waals surface area contributed by atoms with Crippen LogP contribution in [0.5, 0.6) is 0 Å². The van der Waals surface area contributed by atoms with E-state index in [1.165, 1.54) is 16.1 Å². The Hall–Kier alpha value is -3.89. The number of carbonyl (C=O) groups is 1. The Kier molecular flexibility index (Phi) is 11.1. The van der Waals surface area contributed by atoms with Gasteiger partial charge in [0.25, 0.3) is 0 Å². The molecule has 2 fully saturated rings. The molecule has 2 saturated heterocycles. The van der Waals surface area contributed by atoms with Crippen LogP contribution in [0.3, 0.4) is 0 Å². The minimum atomic E-state index is -3.40. The first-order valence-electron chi connectivity index (χ1n) is 18.8. The van der Waals surface area contributed by atoms with E-state index in [2.05, 4.69) is 55.0 Å². The van der Waals surface area contributed by atoms with E-state index in [-0.39, 0.29) is 18.0 Å². The Balaban J connectivity index is 1.07. The predicted molar refractivity (Wildman–Crippen MR) is 218 cm³/mol. The molecule has 0 unspecified atom stereocenters. The van der Waals surface area contributed by atoms with Crippen LogP contribution in [0.4, 0.5) is 4.79 Å². The van der Waals surface area contributed by atoms with E-state index in [9.17, 15) is 18.3 Å². The van der Waals surface area contributed by atoms with Crippen LogP contribution in [0.15, 0.2) is 66.7 Å². The number of benzene rings is 3. The van der Waals surface area contributed by atoms with Crippen molar-refractivity contribution in [2.75, 3.05) is 32.4 Å². The summed E-state index contributed by atoms with van der Waals surface area (Å²) in [4.78, 5) is 16.3. The van der Waals surface area contributed by atoms with Gasteiger partial charge in [-0.15, -0.1) is 0 Å². The average Bonchev–Trinajstić information content (AvgIpc) is 3.83. The summed E-state index contributed by atoms with van der Waals surface area (Å²) < 4.78 is 28.9. The van der Waals surface area contributed by atoms with Crippen molar-refractivity contribution in [1.82, 2.24) is 29.2 Å². The SMILES string of the molecule is CC(C)(C)[C@@]12C[C@H](CN1C(=O)O)N(CCCn1nc(-c3ccc(Cl)c(C#Cc4ccc(CNCc5ccc(Cl)cc5)cc4)c3)c3c1CCN(S(C)(=O)=O)C3)C2. The van der Waals surface area contributed by atoms with Gasteiger partial charge in [0.05, 0.1) is 22.5 Å². The van der Waals surface area contributed by atoms with Crippen molar-refractivity contribution in [3.63, 3.8) is 0 Å². The molecule has 0 radical (unpaired) electrons. The molecule has 1 amide bonds. The molecule has 55 heavy (non-hydrogen) atoms. The van der Waals surface area contributed by atoms with Crippen LogP contribution in [0, 0.1) is 17.3 Å². The summed E-state index contributed by atoms with van der Waals surface area (Å²) in [6, 6.07) is 21.8. The average molecular weight is 804 g/mol. The molecular formula is C42H48Cl2N6O4S. The predicted octanol–water partition coefficient (Wildman–Crippen LogP) is 7.11. The minimum absolute atomic E-state index is 0.181. The molecule has 290 valence electrons. The molecule has 0 spiro atoms. The quantitative estimate of drug-likeness (QED) is 0.165. The number of halogens is 2. The third-order valence-corrected chi connectivity index (χ3v) is 13.4. The first-order valence-corrected chi connectivity index (χ1v) is 21.4. The van der Waals surface area contributed by atoms with Crippen LogP contribution in [0.25, 0.3) is 11.3 Å². The lowest BCUT2D eigenvalue weighted by Crippen LogP contribution is -2.61. The normalized spacial score (nSPS) is 20.0. The maximum atomic E-state index is 12.7. The Labute approximate surface area is 334 Å². The van der Waals surface area contributed by atoms with Crippen molar-refractivity contribution in [2.45, 2.75) is 77.8 Å². The largest absolute Gasteiger partial charge is 0.465 e. The van der Waals surface area contributed by atoms with Gasteiger partial charge in [0.2, 0.25) is 10.0 Å². The van der Waals surface area contributed by atoms with Gasteiger partial charge in [0, 0.05) is 97.8 Å². The monoisotopic (exact) mass is 802 g/mol. The second-order valence-corrected chi connectivity index (χ2v) is 18.9.